The number of hydrogen-bond donors (Lipinski definition) is 1. The van der Waals surface area contributed by atoms with Crippen molar-refractivity contribution in [2.75, 3.05) is 0 Å². The average Bonchev–Trinajstić information content (AvgIpc) is 2.63. The third-order valence-electron chi connectivity index (χ3n) is 4.12. The molecule has 1 atom stereocenters. The molecule has 120 valence electrons. The maximum Gasteiger partial charge on any atom is 0.134 e. The average molecular weight is 316 g/mol. The van der Waals surface area contributed by atoms with Gasteiger partial charge in [0.15, 0.2) is 0 Å². The van der Waals surface area contributed by atoms with Gasteiger partial charge in [0.2, 0.25) is 0 Å². The minimum atomic E-state index is -1.04. The van der Waals surface area contributed by atoms with Crippen LogP contribution in [-0.4, -0.2) is 5.11 Å². The lowest BCUT2D eigenvalue weighted by Crippen LogP contribution is -2.22. The van der Waals surface area contributed by atoms with Crippen molar-refractivity contribution >= 4 is 6.08 Å². The van der Waals surface area contributed by atoms with Crippen molar-refractivity contribution in [1.29, 1.82) is 0 Å². The Morgan fingerprint density at radius 1 is 0.833 bits per heavy atom. The lowest BCUT2D eigenvalue weighted by atomic mass is 9.88. The highest BCUT2D eigenvalue weighted by molar-refractivity contribution is 5.56. The summed E-state index contributed by atoms with van der Waals surface area (Å²) in [5.41, 5.74) is 1.57. The maximum absolute atomic E-state index is 10.9. The van der Waals surface area contributed by atoms with Crippen molar-refractivity contribution in [2.45, 2.75) is 12.5 Å². The van der Waals surface area contributed by atoms with Gasteiger partial charge in [0.05, 0.1) is 0 Å². The van der Waals surface area contributed by atoms with Gasteiger partial charge in [-0.2, -0.15) is 0 Å². The Labute approximate surface area is 142 Å². The van der Waals surface area contributed by atoms with Crippen LogP contribution in [0.15, 0.2) is 85.4 Å². The van der Waals surface area contributed by atoms with Crippen molar-refractivity contribution in [3.05, 3.63) is 102 Å². The molecule has 0 aliphatic heterocycles. The van der Waals surface area contributed by atoms with E-state index in [1.54, 1.807) is 13.0 Å². The monoisotopic (exact) mass is 316 g/mol. The number of aliphatic hydroxyl groups is 1. The predicted octanol–water partition coefficient (Wildman–Crippen LogP) is 5.38. The topological polar surface area (TPSA) is 29.5 Å². The van der Waals surface area contributed by atoms with Gasteiger partial charge in [-0.05, 0) is 36.2 Å². The van der Waals surface area contributed by atoms with Crippen molar-refractivity contribution in [3.63, 3.8) is 0 Å². The molecule has 0 aliphatic carbocycles. The summed E-state index contributed by atoms with van der Waals surface area (Å²) in [5, 5.41) is 10.9. The number of benzene rings is 3. The molecule has 0 radical (unpaired) electrons. The van der Waals surface area contributed by atoms with Gasteiger partial charge in [-0.1, -0.05) is 73.3 Å². The zero-order valence-corrected chi connectivity index (χ0v) is 13.6. The second kappa shape index (κ2) is 6.73. The highest BCUT2D eigenvalue weighted by Gasteiger charge is 2.25. The quantitative estimate of drug-likeness (QED) is 0.685. The summed E-state index contributed by atoms with van der Waals surface area (Å²) in [6, 6.07) is 24.9. The highest BCUT2D eigenvalue weighted by atomic mass is 16.5. The number of rotatable bonds is 5. The van der Waals surface area contributed by atoms with Crippen molar-refractivity contribution in [3.8, 4) is 11.5 Å². The number of ether oxygens (including phenoxy) is 1. The second-order valence-electron chi connectivity index (χ2n) is 5.81. The third-order valence-corrected chi connectivity index (χ3v) is 4.12. The van der Waals surface area contributed by atoms with E-state index in [2.05, 4.69) is 6.58 Å². The fourth-order valence-electron chi connectivity index (χ4n) is 2.65. The van der Waals surface area contributed by atoms with E-state index >= 15 is 0 Å². The van der Waals surface area contributed by atoms with Crippen LogP contribution in [0.3, 0.4) is 0 Å². The van der Waals surface area contributed by atoms with Gasteiger partial charge >= 0.3 is 0 Å². The van der Waals surface area contributed by atoms with Gasteiger partial charge in [0.1, 0.15) is 17.1 Å². The molecule has 3 aromatic carbocycles. The molecule has 1 N–H and O–H groups in total. The Morgan fingerprint density at radius 3 is 2.08 bits per heavy atom. The smallest absolute Gasteiger partial charge is 0.134 e. The van der Waals surface area contributed by atoms with E-state index in [-0.39, 0.29) is 0 Å². The SMILES string of the molecule is C=Cc1ccccc1Oc1ccc(C(C)(O)c2ccccc2)cc1. The van der Waals surface area contributed by atoms with E-state index in [4.69, 9.17) is 4.74 Å². The molecule has 2 nitrogen and oxygen atoms in total. The zero-order valence-electron chi connectivity index (χ0n) is 13.6. The molecule has 0 amide bonds. The molecule has 0 spiro atoms. The molecule has 2 heteroatoms. The molecule has 3 aromatic rings. The molecule has 0 fully saturated rings. The first kappa shape index (κ1) is 16.0. The predicted molar refractivity (Wildman–Crippen MR) is 98.2 cm³/mol. The third kappa shape index (κ3) is 3.24. The van der Waals surface area contributed by atoms with Crippen LogP contribution >= 0.6 is 0 Å². The van der Waals surface area contributed by atoms with E-state index in [0.29, 0.717) is 0 Å². The largest absolute Gasteiger partial charge is 0.457 e. The fraction of sp³-hybridized carbons (Fsp3) is 0.0909. The van der Waals surface area contributed by atoms with Gasteiger partial charge in [-0.25, -0.2) is 0 Å². The van der Waals surface area contributed by atoms with E-state index < -0.39 is 5.60 Å². The first-order valence-electron chi connectivity index (χ1n) is 7.89. The Kier molecular flexibility index (Phi) is 4.50. The molecule has 1 unspecified atom stereocenters. The fourth-order valence-corrected chi connectivity index (χ4v) is 2.65. The highest BCUT2D eigenvalue weighted by Crippen LogP contribution is 2.32. The standard InChI is InChI=1S/C22H20O2/c1-3-17-9-7-8-12-21(17)24-20-15-13-19(14-16-20)22(2,23)18-10-5-4-6-11-18/h3-16,23H,1H2,2H3. The van der Waals surface area contributed by atoms with Crippen LogP contribution in [0.5, 0.6) is 11.5 Å². The summed E-state index contributed by atoms with van der Waals surface area (Å²) in [4.78, 5) is 0. The van der Waals surface area contributed by atoms with Gasteiger partial charge in [-0.3, -0.25) is 0 Å². The number of para-hydroxylation sites is 1. The summed E-state index contributed by atoms with van der Waals surface area (Å²) in [5.74, 6) is 1.48. The summed E-state index contributed by atoms with van der Waals surface area (Å²) < 4.78 is 5.92. The zero-order chi connectivity index (χ0) is 17.0. The molecule has 0 saturated carbocycles. The van der Waals surface area contributed by atoms with Crippen LogP contribution in [0.25, 0.3) is 6.08 Å². The molecular weight excluding hydrogens is 296 g/mol. The molecule has 0 heterocycles. The van der Waals surface area contributed by atoms with Crippen molar-refractivity contribution < 1.29 is 9.84 Å². The van der Waals surface area contributed by atoms with Crippen LogP contribution < -0.4 is 4.74 Å². The Hall–Kier alpha value is -2.84. The van der Waals surface area contributed by atoms with E-state index in [9.17, 15) is 5.11 Å². The molecular formula is C22H20O2. The van der Waals surface area contributed by atoms with Crippen LogP contribution in [0, 0.1) is 0 Å². The lowest BCUT2D eigenvalue weighted by Gasteiger charge is -2.24. The Balaban J connectivity index is 1.84. The van der Waals surface area contributed by atoms with Crippen LogP contribution in [0.2, 0.25) is 0 Å². The van der Waals surface area contributed by atoms with E-state index in [0.717, 1.165) is 28.2 Å². The van der Waals surface area contributed by atoms with Crippen molar-refractivity contribution in [1.82, 2.24) is 0 Å². The van der Waals surface area contributed by atoms with Gasteiger partial charge in [0, 0.05) is 5.56 Å². The number of hydrogen-bond acceptors (Lipinski definition) is 2. The van der Waals surface area contributed by atoms with Crippen molar-refractivity contribution in [2.24, 2.45) is 0 Å². The normalized spacial score (nSPS) is 13.1. The molecule has 0 bridgehead atoms. The summed E-state index contributed by atoms with van der Waals surface area (Å²) in [7, 11) is 0. The van der Waals surface area contributed by atoms with Crippen LogP contribution in [0.1, 0.15) is 23.6 Å². The van der Waals surface area contributed by atoms with Gasteiger partial charge in [-0.15, -0.1) is 0 Å². The molecule has 3 rings (SSSR count). The molecule has 0 aliphatic rings. The minimum Gasteiger partial charge on any atom is -0.457 e. The van der Waals surface area contributed by atoms with E-state index in [1.807, 2.05) is 78.9 Å². The molecule has 0 aromatic heterocycles. The molecule has 24 heavy (non-hydrogen) atoms. The Bertz CT molecular complexity index is 818. The summed E-state index contributed by atoms with van der Waals surface area (Å²) in [6.45, 7) is 5.60. The maximum atomic E-state index is 10.9. The summed E-state index contributed by atoms with van der Waals surface area (Å²) >= 11 is 0. The first-order valence-corrected chi connectivity index (χ1v) is 7.89. The van der Waals surface area contributed by atoms with E-state index in [1.165, 1.54) is 0 Å². The van der Waals surface area contributed by atoms with Crippen LogP contribution in [0.4, 0.5) is 0 Å². The van der Waals surface area contributed by atoms with Crippen LogP contribution in [-0.2, 0) is 5.60 Å². The molecule has 0 saturated heterocycles. The minimum absolute atomic E-state index is 0.719. The Morgan fingerprint density at radius 2 is 1.42 bits per heavy atom. The lowest BCUT2D eigenvalue weighted by molar-refractivity contribution is 0.102. The van der Waals surface area contributed by atoms with Gasteiger partial charge < -0.3 is 9.84 Å². The summed E-state index contributed by atoms with van der Waals surface area (Å²) in [6.07, 6.45) is 1.77. The van der Waals surface area contributed by atoms with Gasteiger partial charge in [0.25, 0.3) is 0 Å². The first-order chi connectivity index (χ1) is 11.6. The second-order valence-corrected chi connectivity index (χ2v) is 5.81.